The monoisotopic (exact) mass is 309 g/mol. The number of halogens is 1. The molecule has 2 aromatic carbocycles. The number of benzene rings is 2. The van der Waals surface area contributed by atoms with Gasteiger partial charge in [-0.15, -0.1) is 11.8 Å². The van der Waals surface area contributed by atoms with Crippen molar-refractivity contribution in [2.75, 3.05) is 26.0 Å². The summed E-state index contributed by atoms with van der Waals surface area (Å²) in [6, 6.07) is 11.8. The summed E-state index contributed by atoms with van der Waals surface area (Å²) < 4.78 is 4.89. The van der Waals surface area contributed by atoms with Gasteiger partial charge in [-0.2, -0.15) is 0 Å². The van der Waals surface area contributed by atoms with Crippen molar-refractivity contribution < 1.29 is 9.53 Å². The average molecular weight is 310 g/mol. The van der Waals surface area contributed by atoms with Crippen molar-refractivity contribution in [1.82, 2.24) is 5.32 Å². The Bertz CT molecular complexity index is 598. The van der Waals surface area contributed by atoms with Crippen molar-refractivity contribution in [3.05, 3.63) is 41.4 Å². The zero-order chi connectivity index (χ0) is 14.4. The molecule has 0 aliphatic rings. The third-order valence-electron chi connectivity index (χ3n) is 2.80. The molecule has 0 spiro atoms. The fourth-order valence-electron chi connectivity index (χ4n) is 1.87. The molecule has 5 heteroatoms. The number of hydrogen-bond donors (Lipinski definition) is 1. The zero-order valence-electron chi connectivity index (χ0n) is 11.2. The van der Waals surface area contributed by atoms with E-state index in [0.717, 1.165) is 15.7 Å². The van der Waals surface area contributed by atoms with Gasteiger partial charge in [-0.1, -0.05) is 35.9 Å². The Kier molecular flexibility index (Phi) is 5.71. The molecule has 1 amide bonds. The van der Waals surface area contributed by atoms with Gasteiger partial charge in [-0.05, 0) is 17.5 Å². The lowest BCUT2D eigenvalue weighted by Gasteiger charge is -2.08. The molecule has 0 unspecified atom stereocenters. The summed E-state index contributed by atoms with van der Waals surface area (Å²) in [5.74, 6) is 0.365. The number of hydrogen-bond acceptors (Lipinski definition) is 3. The van der Waals surface area contributed by atoms with Gasteiger partial charge in [-0.25, -0.2) is 0 Å². The fraction of sp³-hybridized carbons (Fsp3) is 0.267. The van der Waals surface area contributed by atoms with E-state index in [0.29, 0.717) is 23.9 Å². The molecule has 20 heavy (non-hydrogen) atoms. The highest BCUT2D eigenvalue weighted by Gasteiger charge is 2.07. The largest absolute Gasteiger partial charge is 0.383 e. The topological polar surface area (TPSA) is 38.3 Å². The van der Waals surface area contributed by atoms with Crippen LogP contribution in [0, 0.1) is 0 Å². The Morgan fingerprint density at radius 2 is 2.05 bits per heavy atom. The van der Waals surface area contributed by atoms with Crippen molar-refractivity contribution in [2.24, 2.45) is 0 Å². The van der Waals surface area contributed by atoms with Gasteiger partial charge < -0.3 is 10.1 Å². The lowest BCUT2D eigenvalue weighted by molar-refractivity contribution is -0.118. The number of fused-ring (bicyclic) bond motifs is 1. The number of methoxy groups -OCH3 is 1. The third kappa shape index (κ3) is 3.88. The minimum Gasteiger partial charge on any atom is -0.383 e. The highest BCUT2D eigenvalue weighted by atomic mass is 35.5. The van der Waals surface area contributed by atoms with Gasteiger partial charge in [0.05, 0.1) is 12.4 Å². The number of amides is 1. The molecule has 0 saturated heterocycles. The van der Waals surface area contributed by atoms with E-state index in [9.17, 15) is 4.79 Å². The highest BCUT2D eigenvalue weighted by molar-refractivity contribution is 8.00. The molecular weight excluding hydrogens is 294 g/mol. The molecular formula is C15H16ClNO2S. The SMILES string of the molecule is COCCNC(=O)CSc1cccc2cccc(Cl)c12. The first kappa shape index (κ1) is 15.2. The van der Waals surface area contributed by atoms with Gasteiger partial charge in [0.15, 0.2) is 0 Å². The first-order valence-electron chi connectivity index (χ1n) is 6.28. The van der Waals surface area contributed by atoms with Gasteiger partial charge in [0.2, 0.25) is 5.91 Å². The Hall–Kier alpha value is -1.23. The highest BCUT2D eigenvalue weighted by Crippen LogP contribution is 2.32. The van der Waals surface area contributed by atoms with Crippen molar-refractivity contribution in [3.8, 4) is 0 Å². The van der Waals surface area contributed by atoms with Crippen LogP contribution in [-0.2, 0) is 9.53 Å². The lowest BCUT2D eigenvalue weighted by Crippen LogP contribution is -2.28. The first-order chi connectivity index (χ1) is 9.72. The van der Waals surface area contributed by atoms with E-state index in [1.807, 2.05) is 36.4 Å². The van der Waals surface area contributed by atoms with Crippen LogP contribution >= 0.6 is 23.4 Å². The number of carbonyl (C=O) groups excluding carboxylic acids is 1. The van der Waals surface area contributed by atoms with Crippen molar-refractivity contribution in [3.63, 3.8) is 0 Å². The van der Waals surface area contributed by atoms with E-state index in [-0.39, 0.29) is 5.91 Å². The Balaban J connectivity index is 2.05. The molecule has 3 nitrogen and oxygen atoms in total. The van der Waals surface area contributed by atoms with Crippen molar-refractivity contribution in [1.29, 1.82) is 0 Å². The van der Waals surface area contributed by atoms with Crippen LogP contribution in [0.2, 0.25) is 5.02 Å². The lowest BCUT2D eigenvalue weighted by atomic mass is 10.1. The molecule has 0 heterocycles. The Labute approximate surface area is 127 Å². The maximum Gasteiger partial charge on any atom is 0.230 e. The fourth-order valence-corrected chi connectivity index (χ4v) is 3.14. The molecule has 0 radical (unpaired) electrons. The van der Waals surface area contributed by atoms with Crippen LogP contribution < -0.4 is 5.32 Å². The summed E-state index contributed by atoms with van der Waals surface area (Å²) in [4.78, 5) is 12.7. The van der Waals surface area contributed by atoms with Gasteiger partial charge in [0, 0.05) is 29.0 Å². The standard InChI is InChI=1S/C15H16ClNO2S/c1-19-9-8-17-14(18)10-20-13-7-3-5-11-4-2-6-12(16)15(11)13/h2-7H,8-10H2,1H3,(H,17,18). The first-order valence-corrected chi connectivity index (χ1v) is 7.64. The quantitative estimate of drug-likeness (QED) is 0.657. The van der Waals surface area contributed by atoms with E-state index in [1.54, 1.807) is 7.11 Å². The molecule has 0 aliphatic heterocycles. The zero-order valence-corrected chi connectivity index (χ0v) is 12.8. The predicted octanol–water partition coefficient (Wildman–Crippen LogP) is 3.35. The molecule has 0 atom stereocenters. The summed E-state index contributed by atoms with van der Waals surface area (Å²) in [6.07, 6.45) is 0. The summed E-state index contributed by atoms with van der Waals surface area (Å²) in [5.41, 5.74) is 0. The Morgan fingerprint density at radius 1 is 1.30 bits per heavy atom. The van der Waals surface area contributed by atoms with E-state index in [2.05, 4.69) is 5.32 Å². The normalized spacial score (nSPS) is 10.7. The molecule has 0 bridgehead atoms. The predicted molar refractivity (Wildman–Crippen MR) is 84.6 cm³/mol. The van der Waals surface area contributed by atoms with Crippen LogP contribution in [0.25, 0.3) is 10.8 Å². The second-order valence-corrected chi connectivity index (χ2v) is 5.65. The van der Waals surface area contributed by atoms with E-state index in [4.69, 9.17) is 16.3 Å². The molecule has 106 valence electrons. The minimum atomic E-state index is -0.00360. The van der Waals surface area contributed by atoms with Gasteiger partial charge >= 0.3 is 0 Å². The number of nitrogens with one attached hydrogen (secondary N) is 1. The van der Waals surface area contributed by atoms with E-state index < -0.39 is 0 Å². The van der Waals surface area contributed by atoms with Crippen LogP contribution in [-0.4, -0.2) is 31.9 Å². The summed E-state index contributed by atoms with van der Waals surface area (Å²) >= 11 is 7.74. The number of ether oxygens (including phenoxy) is 1. The van der Waals surface area contributed by atoms with E-state index >= 15 is 0 Å². The third-order valence-corrected chi connectivity index (χ3v) is 4.18. The van der Waals surface area contributed by atoms with Crippen LogP contribution in [0.5, 0.6) is 0 Å². The van der Waals surface area contributed by atoms with Crippen molar-refractivity contribution in [2.45, 2.75) is 4.90 Å². The van der Waals surface area contributed by atoms with Crippen molar-refractivity contribution >= 4 is 40.0 Å². The summed E-state index contributed by atoms with van der Waals surface area (Å²) in [5, 5.41) is 5.60. The Morgan fingerprint density at radius 3 is 2.80 bits per heavy atom. The molecule has 0 aliphatic carbocycles. The molecule has 0 aromatic heterocycles. The summed E-state index contributed by atoms with van der Waals surface area (Å²) in [7, 11) is 1.61. The average Bonchev–Trinajstić information content (AvgIpc) is 2.45. The number of carbonyl (C=O) groups is 1. The van der Waals surface area contributed by atoms with Crippen LogP contribution in [0.3, 0.4) is 0 Å². The molecule has 2 aromatic rings. The number of thioether (sulfide) groups is 1. The van der Waals surface area contributed by atoms with Gasteiger partial charge in [-0.3, -0.25) is 4.79 Å². The summed E-state index contributed by atoms with van der Waals surface area (Å²) in [6.45, 7) is 1.06. The molecule has 1 N–H and O–H groups in total. The van der Waals surface area contributed by atoms with E-state index in [1.165, 1.54) is 11.8 Å². The number of rotatable bonds is 6. The van der Waals surface area contributed by atoms with Gasteiger partial charge in [0.25, 0.3) is 0 Å². The second-order valence-electron chi connectivity index (χ2n) is 4.23. The smallest absolute Gasteiger partial charge is 0.230 e. The minimum absolute atomic E-state index is 0.00360. The van der Waals surface area contributed by atoms with Crippen LogP contribution in [0.1, 0.15) is 0 Å². The van der Waals surface area contributed by atoms with Crippen LogP contribution in [0.15, 0.2) is 41.3 Å². The second kappa shape index (κ2) is 7.53. The van der Waals surface area contributed by atoms with Crippen LogP contribution in [0.4, 0.5) is 0 Å². The molecule has 2 rings (SSSR count). The molecule has 0 saturated carbocycles. The maximum atomic E-state index is 11.7. The molecule has 0 fully saturated rings. The van der Waals surface area contributed by atoms with Gasteiger partial charge in [0.1, 0.15) is 0 Å². The maximum absolute atomic E-state index is 11.7.